The van der Waals surface area contributed by atoms with Gasteiger partial charge in [0.1, 0.15) is 5.75 Å². The van der Waals surface area contributed by atoms with E-state index in [0.29, 0.717) is 17.0 Å². The van der Waals surface area contributed by atoms with Gasteiger partial charge in [-0.05, 0) is 37.3 Å². The average molecular weight is 490 g/mol. The molecule has 1 aliphatic heterocycles. The number of carbonyl (C=O) groups excluding carboxylic acids is 2. The fourth-order valence-electron chi connectivity index (χ4n) is 3.33. The first-order valence-corrected chi connectivity index (χ1v) is 9.66. The predicted octanol–water partition coefficient (Wildman–Crippen LogP) is 4.15. The number of rotatable bonds is 6. The molecule has 0 unspecified atom stereocenters. The first-order valence-electron chi connectivity index (χ1n) is 9.28. The Hall–Kier alpha value is -3.34. The molecule has 1 aliphatic rings. The fraction of sp³-hybridized carbons (Fsp3) is 0.286. The number of aliphatic carboxylic acids is 1. The lowest BCUT2D eigenvalue weighted by Gasteiger charge is -2.23. The number of nitrogens with zero attached hydrogens (tertiary/aromatic N) is 1. The fourth-order valence-corrected chi connectivity index (χ4v) is 3.50. The molecule has 2 atom stereocenters. The highest BCUT2D eigenvalue weighted by molar-refractivity contribution is 6.30. The van der Waals surface area contributed by atoms with E-state index in [1.54, 1.807) is 0 Å². The molecule has 2 aromatic carbocycles. The molecule has 176 valence electrons. The van der Waals surface area contributed by atoms with Crippen molar-refractivity contribution >= 4 is 35.1 Å². The molecular formula is C21H16ClF4NO6. The van der Waals surface area contributed by atoms with E-state index in [1.165, 1.54) is 19.2 Å². The summed E-state index contributed by atoms with van der Waals surface area (Å²) in [6, 6.07) is 5.71. The molecule has 0 radical (unpaired) electrons. The summed E-state index contributed by atoms with van der Waals surface area (Å²) in [6.45, 7) is 0.000599. The summed E-state index contributed by atoms with van der Waals surface area (Å²) < 4.78 is 66.3. The van der Waals surface area contributed by atoms with Crippen LogP contribution in [-0.2, 0) is 31.0 Å². The maximum absolute atomic E-state index is 16.5. The summed E-state index contributed by atoms with van der Waals surface area (Å²) in [4.78, 5) is 36.6. The average Bonchev–Trinajstić information content (AvgIpc) is 2.97. The lowest BCUT2D eigenvalue weighted by molar-refractivity contribution is -0.157. The monoisotopic (exact) mass is 489 g/mol. The number of hydrogen-bond donors (Lipinski definition) is 1. The maximum atomic E-state index is 16.5. The van der Waals surface area contributed by atoms with Crippen LogP contribution in [0, 0.1) is 5.92 Å². The summed E-state index contributed by atoms with van der Waals surface area (Å²) in [5.41, 5.74) is -5.53. The Morgan fingerprint density at radius 1 is 1.18 bits per heavy atom. The second kappa shape index (κ2) is 8.54. The molecule has 7 nitrogen and oxygen atoms in total. The quantitative estimate of drug-likeness (QED) is 0.372. The number of esters is 1. The van der Waals surface area contributed by atoms with Gasteiger partial charge in [-0.15, -0.1) is 0 Å². The van der Waals surface area contributed by atoms with Crippen molar-refractivity contribution in [2.75, 3.05) is 18.7 Å². The van der Waals surface area contributed by atoms with Crippen molar-refractivity contribution in [3.05, 3.63) is 58.1 Å². The van der Waals surface area contributed by atoms with Crippen molar-refractivity contribution in [3.63, 3.8) is 0 Å². The van der Waals surface area contributed by atoms with E-state index in [2.05, 4.69) is 0 Å². The SMILES string of the molecule is COc1ccc(Cl)cc1[C@]1(F)C(=O)N(COC(=O)[C@@H](C)C(=O)O)c2cc(C(F)(F)F)ccc21. The van der Waals surface area contributed by atoms with Crippen LogP contribution in [0.25, 0.3) is 0 Å². The standard InChI is InChI=1S/C21H16ClF4NO6/c1-10(17(28)29)18(30)33-9-27-15-7-11(21(24,25)26)3-5-13(15)20(23,19(27)31)14-8-12(22)4-6-16(14)32-2/h3-8,10H,9H2,1-2H3,(H,28,29)/t10-,20-/m0/s1. The van der Waals surface area contributed by atoms with E-state index in [0.717, 1.165) is 19.1 Å². The van der Waals surface area contributed by atoms with Crippen molar-refractivity contribution < 1.29 is 46.5 Å². The summed E-state index contributed by atoms with van der Waals surface area (Å²) in [6.07, 6.45) is -4.81. The highest BCUT2D eigenvalue weighted by Crippen LogP contribution is 2.51. The van der Waals surface area contributed by atoms with E-state index < -0.39 is 59.2 Å². The van der Waals surface area contributed by atoms with Gasteiger partial charge in [0.05, 0.1) is 18.4 Å². The van der Waals surface area contributed by atoms with Crippen LogP contribution in [0.2, 0.25) is 5.02 Å². The van der Waals surface area contributed by atoms with Gasteiger partial charge >= 0.3 is 18.1 Å². The van der Waals surface area contributed by atoms with Gasteiger partial charge in [-0.25, -0.2) is 4.39 Å². The number of ether oxygens (including phenoxy) is 2. The van der Waals surface area contributed by atoms with Gasteiger partial charge in [-0.2, -0.15) is 13.2 Å². The Morgan fingerprint density at radius 2 is 1.85 bits per heavy atom. The smallest absolute Gasteiger partial charge is 0.416 e. The molecule has 12 heteroatoms. The summed E-state index contributed by atoms with van der Waals surface area (Å²) in [5, 5.41) is 8.93. The van der Waals surface area contributed by atoms with Crippen molar-refractivity contribution in [2.24, 2.45) is 5.92 Å². The van der Waals surface area contributed by atoms with Crippen LogP contribution in [0.3, 0.4) is 0 Å². The van der Waals surface area contributed by atoms with Crippen LogP contribution < -0.4 is 9.64 Å². The molecule has 2 aromatic rings. The van der Waals surface area contributed by atoms with Gasteiger partial charge < -0.3 is 14.6 Å². The van der Waals surface area contributed by atoms with Gasteiger partial charge in [0.25, 0.3) is 5.91 Å². The second-order valence-corrected chi connectivity index (χ2v) is 7.55. The molecule has 0 fully saturated rings. The Kier molecular flexibility index (Phi) is 6.29. The highest BCUT2D eigenvalue weighted by atomic mass is 35.5. The van der Waals surface area contributed by atoms with Crippen LogP contribution in [0.4, 0.5) is 23.2 Å². The number of fused-ring (bicyclic) bond motifs is 1. The van der Waals surface area contributed by atoms with Crippen LogP contribution >= 0.6 is 11.6 Å². The first kappa shape index (κ1) is 24.3. The van der Waals surface area contributed by atoms with Crippen molar-refractivity contribution in [3.8, 4) is 5.75 Å². The molecule has 1 amide bonds. The third kappa shape index (κ3) is 4.20. The second-order valence-electron chi connectivity index (χ2n) is 7.12. The molecule has 1 heterocycles. The highest BCUT2D eigenvalue weighted by Gasteiger charge is 2.55. The Balaban J connectivity index is 2.14. The molecule has 0 bridgehead atoms. The zero-order valence-electron chi connectivity index (χ0n) is 17.1. The van der Waals surface area contributed by atoms with Gasteiger partial charge in [0.2, 0.25) is 5.67 Å². The molecule has 0 aliphatic carbocycles. The summed E-state index contributed by atoms with van der Waals surface area (Å²) in [5.74, 6) is -5.86. The first-order chi connectivity index (χ1) is 15.3. The number of methoxy groups -OCH3 is 1. The number of carbonyl (C=O) groups is 3. The largest absolute Gasteiger partial charge is 0.496 e. The lowest BCUT2D eigenvalue weighted by atomic mass is 9.88. The molecule has 33 heavy (non-hydrogen) atoms. The third-order valence-corrected chi connectivity index (χ3v) is 5.35. The van der Waals surface area contributed by atoms with E-state index in [9.17, 15) is 27.6 Å². The molecule has 3 rings (SSSR count). The third-order valence-electron chi connectivity index (χ3n) is 5.12. The number of benzene rings is 2. The number of carboxylic acids is 1. The van der Waals surface area contributed by atoms with Crippen LogP contribution in [0.5, 0.6) is 5.75 Å². The summed E-state index contributed by atoms with van der Waals surface area (Å²) >= 11 is 5.96. The zero-order valence-corrected chi connectivity index (χ0v) is 17.8. The number of anilines is 1. The number of amides is 1. The summed E-state index contributed by atoms with van der Waals surface area (Å²) in [7, 11) is 1.20. The number of halogens is 5. The Bertz CT molecular complexity index is 1140. The minimum Gasteiger partial charge on any atom is -0.496 e. The number of hydrogen-bond acceptors (Lipinski definition) is 5. The van der Waals surface area contributed by atoms with Gasteiger partial charge in [-0.3, -0.25) is 19.3 Å². The normalized spacial score (nSPS) is 18.6. The minimum atomic E-state index is -4.81. The molecule has 0 aromatic heterocycles. The maximum Gasteiger partial charge on any atom is 0.416 e. The van der Waals surface area contributed by atoms with E-state index >= 15 is 4.39 Å². The minimum absolute atomic E-state index is 0.0317. The van der Waals surface area contributed by atoms with Crippen LogP contribution in [0.15, 0.2) is 36.4 Å². The van der Waals surface area contributed by atoms with E-state index in [-0.39, 0.29) is 16.3 Å². The zero-order chi connectivity index (χ0) is 24.7. The number of carboxylic acid groups (broad SMARTS) is 1. The van der Waals surface area contributed by atoms with E-state index in [4.69, 9.17) is 26.2 Å². The molecule has 0 spiro atoms. The molecule has 0 saturated carbocycles. The molecule has 0 saturated heterocycles. The Morgan fingerprint density at radius 3 is 2.42 bits per heavy atom. The van der Waals surface area contributed by atoms with Crippen molar-refractivity contribution in [1.82, 2.24) is 0 Å². The molecule has 1 N–H and O–H groups in total. The topological polar surface area (TPSA) is 93.1 Å². The predicted molar refractivity (Wildman–Crippen MR) is 107 cm³/mol. The van der Waals surface area contributed by atoms with Crippen molar-refractivity contribution in [2.45, 2.75) is 18.8 Å². The van der Waals surface area contributed by atoms with E-state index in [1.807, 2.05) is 0 Å². The van der Waals surface area contributed by atoms with Gasteiger partial charge in [0, 0.05) is 16.1 Å². The Labute approximate surface area is 189 Å². The van der Waals surface area contributed by atoms with Crippen LogP contribution in [-0.4, -0.2) is 36.8 Å². The lowest BCUT2D eigenvalue weighted by Crippen LogP contribution is -2.40. The number of alkyl halides is 4. The van der Waals surface area contributed by atoms with Crippen LogP contribution in [0.1, 0.15) is 23.6 Å². The van der Waals surface area contributed by atoms with Gasteiger partial charge in [0.15, 0.2) is 12.6 Å². The van der Waals surface area contributed by atoms with Gasteiger partial charge in [-0.1, -0.05) is 17.7 Å². The molecular weight excluding hydrogens is 474 g/mol. The van der Waals surface area contributed by atoms with Crippen molar-refractivity contribution in [1.29, 1.82) is 0 Å².